The first-order valence-corrected chi connectivity index (χ1v) is 4.87. The lowest BCUT2D eigenvalue weighted by Gasteiger charge is -2.13. The molecular formula is C10H21N. The van der Waals surface area contributed by atoms with Gasteiger partial charge in [0, 0.05) is 6.04 Å². The van der Waals surface area contributed by atoms with E-state index >= 15 is 0 Å². The Morgan fingerprint density at radius 3 is 2.00 bits per heavy atom. The summed E-state index contributed by atoms with van der Waals surface area (Å²) in [6, 6.07) is 0.782. The lowest BCUT2D eigenvalue weighted by atomic mass is 10.0. The first-order valence-electron chi connectivity index (χ1n) is 4.87. The second-order valence-corrected chi connectivity index (χ2v) is 4.15. The van der Waals surface area contributed by atoms with E-state index in [1.54, 1.807) is 0 Å². The highest BCUT2D eigenvalue weighted by atomic mass is 15.0. The topological polar surface area (TPSA) is 12.0 Å². The van der Waals surface area contributed by atoms with Crippen LogP contribution in [0.1, 0.15) is 34.6 Å². The van der Waals surface area contributed by atoms with Crippen molar-refractivity contribution in [3.05, 3.63) is 0 Å². The molecule has 1 saturated heterocycles. The summed E-state index contributed by atoms with van der Waals surface area (Å²) in [6.07, 6.45) is 0. The van der Waals surface area contributed by atoms with Crippen LogP contribution in [0.15, 0.2) is 0 Å². The zero-order valence-corrected chi connectivity index (χ0v) is 8.44. The maximum Gasteiger partial charge on any atom is 0.00756 e. The lowest BCUT2D eigenvalue weighted by molar-refractivity contribution is 0.418. The molecule has 0 radical (unpaired) electrons. The summed E-state index contributed by atoms with van der Waals surface area (Å²) in [6.45, 7) is 12.3. The standard InChI is InChI=1S/C8H15N.C2H6/c1-5-7-6(4-9-5)8(7,2)3;1-2/h5-7,9H,4H2,1-3H3;1-2H3/t5-,6?,7?;/m1./s1. The molecule has 0 spiro atoms. The van der Waals surface area contributed by atoms with Crippen molar-refractivity contribution in [2.24, 2.45) is 17.3 Å². The number of rotatable bonds is 0. The summed E-state index contributed by atoms with van der Waals surface area (Å²) >= 11 is 0. The van der Waals surface area contributed by atoms with Crippen molar-refractivity contribution >= 4 is 0 Å². The van der Waals surface area contributed by atoms with Crippen LogP contribution in [-0.2, 0) is 0 Å². The second-order valence-electron chi connectivity index (χ2n) is 4.15. The van der Waals surface area contributed by atoms with E-state index in [0.717, 1.165) is 17.9 Å². The van der Waals surface area contributed by atoms with Crippen molar-refractivity contribution in [2.45, 2.75) is 40.7 Å². The number of hydrogen-bond donors (Lipinski definition) is 1. The molecular weight excluding hydrogens is 134 g/mol. The summed E-state index contributed by atoms with van der Waals surface area (Å²) in [4.78, 5) is 0. The fraction of sp³-hybridized carbons (Fsp3) is 1.00. The maximum absolute atomic E-state index is 3.47. The van der Waals surface area contributed by atoms with Gasteiger partial charge >= 0.3 is 0 Å². The largest absolute Gasteiger partial charge is 0.314 e. The summed E-state index contributed by atoms with van der Waals surface area (Å²) in [7, 11) is 0. The van der Waals surface area contributed by atoms with E-state index in [9.17, 15) is 0 Å². The predicted octanol–water partition coefficient (Wildman–Crippen LogP) is 2.28. The average Bonchev–Trinajstić information content (AvgIpc) is 2.36. The predicted molar refractivity (Wildman–Crippen MR) is 49.6 cm³/mol. The Morgan fingerprint density at radius 1 is 1.27 bits per heavy atom. The molecule has 0 bridgehead atoms. The lowest BCUT2D eigenvalue weighted by Crippen LogP contribution is -2.27. The van der Waals surface area contributed by atoms with Gasteiger partial charge in [0.1, 0.15) is 0 Å². The molecule has 1 nitrogen and oxygen atoms in total. The molecule has 2 unspecified atom stereocenters. The number of fused-ring (bicyclic) bond motifs is 1. The van der Waals surface area contributed by atoms with E-state index in [4.69, 9.17) is 0 Å². The molecule has 1 aliphatic heterocycles. The van der Waals surface area contributed by atoms with Gasteiger partial charge in [-0.15, -0.1) is 0 Å². The number of piperidine rings is 1. The normalized spacial score (nSPS) is 43.9. The molecule has 2 aliphatic rings. The van der Waals surface area contributed by atoms with E-state index in [1.807, 2.05) is 13.8 Å². The van der Waals surface area contributed by atoms with Crippen molar-refractivity contribution < 1.29 is 0 Å². The zero-order chi connectivity index (χ0) is 8.65. The van der Waals surface area contributed by atoms with E-state index in [2.05, 4.69) is 26.1 Å². The third kappa shape index (κ3) is 1.20. The van der Waals surface area contributed by atoms with Crippen LogP contribution in [0.25, 0.3) is 0 Å². The van der Waals surface area contributed by atoms with E-state index in [0.29, 0.717) is 5.41 Å². The van der Waals surface area contributed by atoms with Crippen LogP contribution in [0.2, 0.25) is 0 Å². The molecule has 2 rings (SSSR count). The summed E-state index contributed by atoms with van der Waals surface area (Å²) in [5.41, 5.74) is 0.671. The third-order valence-corrected chi connectivity index (χ3v) is 3.34. The second kappa shape index (κ2) is 2.78. The fourth-order valence-corrected chi connectivity index (χ4v) is 2.61. The molecule has 66 valence electrons. The highest BCUT2D eigenvalue weighted by molar-refractivity contribution is 5.13. The van der Waals surface area contributed by atoms with Crippen molar-refractivity contribution in [2.75, 3.05) is 6.54 Å². The SMILES string of the molecule is CC.C[C@H]1NCC2C1C2(C)C. The minimum Gasteiger partial charge on any atom is -0.314 e. The van der Waals surface area contributed by atoms with Gasteiger partial charge in [0.25, 0.3) is 0 Å². The van der Waals surface area contributed by atoms with E-state index in [-0.39, 0.29) is 0 Å². The van der Waals surface area contributed by atoms with Gasteiger partial charge in [0.15, 0.2) is 0 Å². The average molecular weight is 155 g/mol. The first kappa shape index (κ1) is 9.05. The zero-order valence-electron chi connectivity index (χ0n) is 8.44. The van der Waals surface area contributed by atoms with Crippen molar-refractivity contribution in [1.82, 2.24) is 5.32 Å². The van der Waals surface area contributed by atoms with E-state index in [1.165, 1.54) is 6.54 Å². The molecule has 0 aromatic rings. The Hall–Kier alpha value is -0.0400. The van der Waals surface area contributed by atoms with Gasteiger partial charge in [-0.05, 0) is 30.7 Å². The Kier molecular flexibility index (Phi) is 2.29. The van der Waals surface area contributed by atoms with Crippen molar-refractivity contribution in [3.8, 4) is 0 Å². The number of hydrogen-bond acceptors (Lipinski definition) is 1. The van der Waals surface area contributed by atoms with Crippen LogP contribution in [0.3, 0.4) is 0 Å². The van der Waals surface area contributed by atoms with Crippen LogP contribution in [-0.4, -0.2) is 12.6 Å². The van der Waals surface area contributed by atoms with Crippen LogP contribution < -0.4 is 5.32 Å². The third-order valence-electron chi connectivity index (χ3n) is 3.34. The van der Waals surface area contributed by atoms with Crippen LogP contribution in [0.5, 0.6) is 0 Å². The Bertz CT molecular complexity index is 140. The Labute approximate surface area is 70.6 Å². The smallest absolute Gasteiger partial charge is 0.00756 e. The molecule has 0 aromatic heterocycles. The van der Waals surface area contributed by atoms with Crippen LogP contribution in [0.4, 0.5) is 0 Å². The maximum atomic E-state index is 3.47. The van der Waals surface area contributed by atoms with Gasteiger partial charge in [-0.3, -0.25) is 0 Å². The van der Waals surface area contributed by atoms with Gasteiger partial charge in [-0.1, -0.05) is 27.7 Å². The Morgan fingerprint density at radius 2 is 1.82 bits per heavy atom. The molecule has 2 fully saturated rings. The highest BCUT2D eigenvalue weighted by Gasteiger charge is 2.62. The monoisotopic (exact) mass is 155 g/mol. The molecule has 1 N–H and O–H groups in total. The van der Waals surface area contributed by atoms with Gasteiger partial charge in [0.05, 0.1) is 0 Å². The molecule has 1 heteroatoms. The van der Waals surface area contributed by atoms with E-state index < -0.39 is 0 Å². The summed E-state index contributed by atoms with van der Waals surface area (Å²) < 4.78 is 0. The Balaban J connectivity index is 0.000000281. The highest BCUT2D eigenvalue weighted by Crippen LogP contribution is 2.62. The van der Waals surface area contributed by atoms with Gasteiger partial charge in [-0.2, -0.15) is 0 Å². The quantitative estimate of drug-likeness (QED) is 0.566. The molecule has 3 atom stereocenters. The summed E-state index contributed by atoms with van der Waals surface area (Å²) in [5, 5.41) is 3.47. The van der Waals surface area contributed by atoms with Crippen molar-refractivity contribution in [3.63, 3.8) is 0 Å². The molecule has 1 heterocycles. The summed E-state index contributed by atoms with van der Waals surface area (Å²) in [5.74, 6) is 1.98. The van der Waals surface area contributed by atoms with Crippen LogP contribution in [0, 0.1) is 17.3 Å². The van der Waals surface area contributed by atoms with Gasteiger partial charge in [-0.25, -0.2) is 0 Å². The first-order chi connectivity index (χ1) is 5.14. The molecule has 11 heavy (non-hydrogen) atoms. The molecule has 1 aliphatic carbocycles. The fourth-order valence-electron chi connectivity index (χ4n) is 2.61. The van der Waals surface area contributed by atoms with Crippen LogP contribution >= 0.6 is 0 Å². The molecule has 0 amide bonds. The minimum absolute atomic E-state index is 0.671. The molecule has 1 saturated carbocycles. The van der Waals surface area contributed by atoms with Crippen molar-refractivity contribution in [1.29, 1.82) is 0 Å². The van der Waals surface area contributed by atoms with Gasteiger partial charge < -0.3 is 5.32 Å². The molecule has 0 aromatic carbocycles. The minimum atomic E-state index is 0.671. The van der Waals surface area contributed by atoms with Gasteiger partial charge in [0.2, 0.25) is 0 Å². The number of nitrogens with one attached hydrogen (secondary N) is 1.